The van der Waals surface area contributed by atoms with Crippen molar-refractivity contribution >= 4 is 17.4 Å². The number of hydrogen-bond acceptors (Lipinski definition) is 5. The van der Waals surface area contributed by atoms with Crippen molar-refractivity contribution in [1.29, 1.82) is 0 Å². The van der Waals surface area contributed by atoms with Gasteiger partial charge in [0.2, 0.25) is 0 Å². The van der Waals surface area contributed by atoms with Gasteiger partial charge in [-0.05, 0) is 62.8 Å². The maximum atomic E-state index is 12.3. The number of nitrogens with one attached hydrogen (secondary N) is 1. The fraction of sp³-hybridized carbons (Fsp3) is 0.500. The summed E-state index contributed by atoms with van der Waals surface area (Å²) < 4.78 is 3.84. The Morgan fingerprint density at radius 2 is 2.21 bits per heavy atom. The molecule has 1 aliphatic rings. The number of rotatable bonds is 6. The van der Waals surface area contributed by atoms with Gasteiger partial charge in [-0.3, -0.25) is 4.79 Å². The van der Waals surface area contributed by atoms with E-state index in [1.807, 2.05) is 6.92 Å². The van der Waals surface area contributed by atoms with Crippen molar-refractivity contribution in [3.8, 4) is 0 Å². The third kappa shape index (κ3) is 4.61. The number of nitrogens with zero attached hydrogens (tertiary/aromatic N) is 3. The zero-order valence-electron chi connectivity index (χ0n) is 14.1. The Bertz CT molecular complexity index is 658. The molecule has 2 aromatic rings. The molecule has 2 heterocycles. The van der Waals surface area contributed by atoms with Gasteiger partial charge in [0.25, 0.3) is 5.91 Å². The molecule has 5 nitrogen and oxygen atoms in total. The Morgan fingerprint density at radius 1 is 1.38 bits per heavy atom. The van der Waals surface area contributed by atoms with Gasteiger partial charge in [0.1, 0.15) is 4.88 Å². The van der Waals surface area contributed by atoms with Gasteiger partial charge < -0.3 is 10.2 Å². The first kappa shape index (κ1) is 17.0. The average Bonchev–Trinajstić information content (AvgIpc) is 3.02. The number of amides is 1. The van der Waals surface area contributed by atoms with Gasteiger partial charge in [-0.15, -0.1) is 5.10 Å². The molecule has 0 bridgehead atoms. The lowest BCUT2D eigenvalue weighted by Crippen LogP contribution is -2.47. The second-order valence-corrected chi connectivity index (χ2v) is 7.14. The molecule has 24 heavy (non-hydrogen) atoms. The SMILES string of the molecule is Cc1nnsc1C(=O)N[C@@H]1CCCN(CCCc2ccccc2)C1. The Morgan fingerprint density at radius 3 is 2.96 bits per heavy atom. The fourth-order valence-corrected chi connectivity index (χ4v) is 3.78. The lowest BCUT2D eigenvalue weighted by Gasteiger charge is -2.33. The summed E-state index contributed by atoms with van der Waals surface area (Å²) in [6.45, 7) is 4.98. The first-order valence-electron chi connectivity index (χ1n) is 8.58. The van der Waals surface area contributed by atoms with Crippen LogP contribution in [0.5, 0.6) is 0 Å². The van der Waals surface area contributed by atoms with E-state index in [0.717, 1.165) is 45.3 Å². The van der Waals surface area contributed by atoms with Gasteiger partial charge in [-0.25, -0.2) is 0 Å². The molecule has 0 radical (unpaired) electrons. The molecule has 1 atom stereocenters. The molecule has 1 aliphatic heterocycles. The Balaban J connectivity index is 1.44. The number of likely N-dealkylation sites (tertiary alicyclic amines) is 1. The second-order valence-electron chi connectivity index (χ2n) is 6.39. The van der Waals surface area contributed by atoms with Crippen LogP contribution in [-0.2, 0) is 6.42 Å². The minimum absolute atomic E-state index is 0.0290. The van der Waals surface area contributed by atoms with E-state index in [1.54, 1.807) is 0 Å². The van der Waals surface area contributed by atoms with Crippen LogP contribution in [0.25, 0.3) is 0 Å². The highest BCUT2D eigenvalue weighted by Crippen LogP contribution is 2.14. The molecule has 6 heteroatoms. The number of aryl methyl sites for hydroxylation is 2. The van der Waals surface area contributed by atoms with Crippen LogP contribution < -0.4 is 5.32 Å². The molecule has 1 fully saturated rings. The third-order valence-corrected chi connectivity index (χ3v) is 5.31. The summed E-state index contributed by atoms with van der Waals surface area (Å²) in [4.78, 5) is 15.4. The predicted octanol–water partition coefficient (Wildman–Crippen LogP) is 2.67. The molecule has 1 aromatic heterocycles. The van der Waals surface area contributed by atoms with Crippen molar-refractivity contribution in [3.05, 3.63) is 46.5 Å². The zero-order chi connectivity index (χ0) is 16.8. The number of carbonyl (C=O) groups excluding carboxylic acids is 1. The number of aromatic nitrogens is 2. The van der Waals surface area contributed by atoms with Crippen LogP contribution in [0.15, 0.2) is 30.3 Å². The van der Waals surface area contributed by atoms with Crippen LogP contribution >= 0.6 is 11.5 Å². The van der Waals surface area contributed by atoms with Crippen molar-refractivity contribution in [1.82, 2.24) is 19.8 Å². The first-order valence-corrected chi connectivity index (χ1v) is 9.36. The largest absolute Gasteiger partial charge is 0.347 e. The topological polar surface area (TPSA) is 58.1 Å². The van der Waals surface area contributed by atoms with Crippen LogP contribution in [-0.4, -0.2) is 46.1 Å². The minimum atomic E-state index is -0.0290. The number of carbonyl (C=O) groups is 1. The van der Waals surface area contributed by atoms with Gasteiger partial charge in [0, 0.05) is 12.6 Å². The van der Waals surface area contributed by atoms with Crippen molar-refractivity contribution in [3.63, 3.8) is 0 Å². The molecule has 0 spiro atoms. The molecule has 1 saturated heterocycles. The Labute approximate surface area is 147 Å². The summed E-state index contributed by atoms with van der Waals surface area (Å²) >= 11 is 1.17. The zero-order valence-corrected chi connectivity index (χ0v) is 14.9. The number of hydrogen-bond donors (Lipinski definition) is 1. The molecule has 0 saturated carbocycles. The summed E-state index contributed by atoms with van der Waals surface area (Å²) in [6.07, 6.45) is 4.45. The smallest absolute Gasteiger partial charge is 0.265 e. The summed E-state index contributed by atoms with van der Waals surface area (Å²) in [7, 11) is 0. The normalized spacial score (nSPS) is 18.5. The first-order chi connectivity index (χ1) is 11.7. The van der Waals surface area contributed by atoms with E-state index in [1.165, 1.54) is 17.1 Å². The molecule has 0 unspecified atom stereocenters. The maximum absolute atomic E-state index is 12.3. The number of piperidine rings is 1. The second kappa shape index (κ2) is 8.35. The van der Waals surface area contributed by atoms with E-state index in [-0.39, 0.29) is 11.9 Å². The van der Waals surface area contributed by atoms with Crippen LogP contribution in [0.4, 0.5) is 0 Å². The van der Waals surface area contributed by atoms with E-state index < -0.39 is 0 Å². The van der Waals surface area contributed by atoms with Gasteiger partial charge in [-0.2, -0.15) is 0 Å². The van der Waals surface area contributed by atoms with E-state index in [0.29, 0.717) is 10.6 Å². The molecule has 3 rings (SSSR count). The highest BCUT2D eigenvalue weighted by molar-refractivity contribution is 7.08. The summed E-state index contributed by atoms with van der Waals surface area (Å²) in [5.74, 6) is -0.0290. The quantitative estimate of drug-likeness (QED) is 0.875. The molecule has 1 amide bonds. The molecular weight excluding hydrogens is 320 g/mol. The van der Waals surface area contributed by atoms with Crippen molar-refractivity contribution in [2.75, 3.05) is 19.6 Å². The van der Waals surface area contributed by atoms with Crippen LogP contribution in [0, 0.1) is 6.92 Å². The van der Waals surface area contributed by atoms with Gasteiger partial charge in [0.05, 0.1) is 5.69 Å². The summed E-state index contributed by atoms with van der Waals surface area (Å²) in [5.41, 5.74) is 2.11. The van der Waals surface area contributed by atoms with Gasteiger partial charge in [0.15, 0.2) is 0 Å². The Kier molecular flexibility index (Phi) is 5.93. The van der Waals surface area contributed by atoms with Crippen LogP contribution in [0.1, 0.15) is 40.2 Å². The van der Waals surface area contributed by atoms with Crippen LogP contribution in [0.3, 0.4) is 0 Å². The molecule has 1 aromatic carbocycles. The lowest BCUT2D eigenvalue weighted by atomic mass is 10.0. The molecule has 1 N–H and O–H groups in total. The highest BCUT2D eigenvalue weighted by atomic mass is 32.1. The maximum Gasteiger partial charge on any atom is 0.265 e. The van der Waals surface area contributed by atoms with Crippen molar-refractivity contribution < 1.29 is 4.79 Å². The number of benzene rings is 1. The van der Waals surface area contributed by atoms with Crippen LogP contribution in [0.2, 0.25) is 0 Å². The monoisotopic (exact) mass is 344 g/mol. The fourth-order valence-electron chi connectivity index (χ4n) is 3.22. The highest BCUT2D eigenvalue weighted by Gasteiger charge is 2.23. The third-order valence-electron chi connectivity index (χ3n) is 4.48. The van der Waals surface area contributed by atoms with E-state index >= 15 is 0 Å². The average molecular weight is 344 g/mol. The molecule has 0 aliphatic carbocycles. The molecular formula is C18H24N4OS. The van der Waals surface area contributed by atoms with Crippen molar-refractivity contribution in [2.24, 2.45) is 0 Å². The minimum Gasteiger partial charge on any atom is -0.347 e. The summed E-state index contributed by atoms with van der Waals surface area (Å²) in [6, 6.07) is 10.8. The van der Waals surface area contributed by atoms with Gasteiger partial charge in [-0.1, -0.05) is 34.8 Å². The standard InChI is InChI=1S/C18H24N4OS/c1-14-17(24-21-20-14)18(23)19-16-10-6-12-22(13-16)11-5-9-15-7-3-2-4-8-15/h2-4,7-8,16H,5-6,9-13H2,1H3,(H,19,23)/t16-/m1/s1. The van der Waals surface area contributed by atoms with E-state index in [9.17, 15) is 4.79 Å². The summed E-state index contributed by atoms with van der Waals surface area (Å²) in [5, 5.41) is 7.06. The van der Waals surface area contributed by atoms with Gasteiger partial charge >= 0.3 is 0 Å². The Hall–Kier alpha value is -1.79. The van der Waals surface area contributed by atoms with E-state index in [4.69, 9.17) is 0 Å². The lowest BCUT2D eigenvalue weighted by molar-refractivity contribution is 0.0906. The van der Waals surface area contributed by atoms with E-state index in [2.05, 4.69) is 50.1 Å². The van der Waals surface area contributed by atoms with Crippen molar-refractivity contribution in [2.45, 2.75) is 38.6 Å². The predicted molar refractivity (Wildman–Crippen MR) is 96.3 cm³/mol. The molecule has 128 valence electrons.